The quantitative estimate of drug-likeness (QED) is 0.129. The van der Waals surface area contributed by atoms with Gasteiger partial charge in [0.15, 0.2) is 0 Å². The molecule has 0 aliphatic heterocycles. The van der Waals surface area contributed by atoms with Gasteiger partial charge in [0, 0.05) is 0 Å². The Morgan fingerprint density at radius 2 is 1.04 bits per heavy atom. The fourth-order valence-electron chi connectivity index (χ4n) is 1.56. The fourth-order valence-corrected chi connectivity index (χ4v) is 2.29. The zero-order valence-corrected chi connectivity index (χ0v) is 19.0. The van der Waals surface area contributed by atoms with Crippen LogP contribution in [0.3, 0.4) is 0 Å². The predicted octanol–water partition coefficient (Wildman–Crippen LogP) is -9.56. The maximum absolute atomic E-state index is 10.7. The summed E-state index contributed by atoms with van der Waals surface area (Å²) in [4.78, 5) is 73.9. The minimum absolute atomic E-state index is 0. The van der Waals surface area contributed by atoms with Crippen molar-refractivity contribution >= 4 is 60.9 Å². The first-order valence-corrected chi connectivity index (χ1v) is 9.30. The van der Waals surface area contributed by atoms with Crippen LogP contribution in [0.2, 0.25) is 0 Å². The van der Waals surface area contributed by atoms with E-state index in [0.29, 0.717) is 0 Å². The first-order valence-electron chi connectivity index (χ1n) is 6.36. The van der Waals surface area contributed by atoms with Crippen molar-refractivity contribution in [2.75, 3.05) is 26.2 Å². The third-order valence-corrected chi connectivity index (χ3v) is 3.86. The summed E-state index contributed by atoms with van der Waals surface area (Å²) in [5.41, 5.74) is 0. The van der Waals surface area contributed by atoms with E-state index < -0.39 is 62.5 Å². The fraction of sp³-hybridized carbons (Fsp3) is 0.556. The molecule has 0 amide bonds. The monoisotopic (exact) mass is 418 g/mol. The summed E-state index contributed by atoms with van der Waals surface area (Å²) in [7, 11) is -4.61. The average Bonchev–Trinajstić information content (AvgIpc) is 2.31. The molecule has 0 saturated heterocycles. The minimum atomic E-state index is -4.61. The van der Waals surface area contributed by atoms with Crippen molar-refractivity contribution in [3.63, 3.8) is 0 Å². The van der Waals surface area contributed by atoms with Gasteiger partial charge in [-0.15, -0.1) is 0 Å². The number of carbonyl (C=O) groups excluding carboxylic acids is 1. The standard InChI is InChI=1S/C9H13N2O8.2Na.H4O4Si/c12-6(13)1-10(2-7(14)15)5-11(3-8(16)17)4-9(18)19;;;1-5(2,3)4/h5H,1-4H2,(H,12,13)(H,14,15)(H,16,17)(H,18,19);;;1-4H/q;;+1;/p-1. The van der Waals surface area contributed by atoms with Crippen LogP contribution in [0.15, 0.2) is 0 Å². The molecule has 0 aromatic carbocycles. The predicted molar refractivity (Wildman–Crippen MR) is 75.2 cm³/mol. The van der Waals surface area contributed by atoms with Gasteiger partial charge in [0.2, 0.25) is 0 Å². The molecular weight excluding hydrogens is 402 g/mol. The number of aliphatic carboxylic acids is 4. The molecule has 0 aromatic heterocycles. The molecule has 140 valence electrons. The molecule has 26 heavy (non-hydrogen) atoms. The van der Waals surface area contributed by atoms with E-state index >= 15 is 0 Å². The second-order valence-electron chi connectivity index (χ2n) is 4.60. The van der Waals surface area contributed by atoms with Gasteiger partial charge in [-0.3, -0.25) is 0 Å². The summed E-state index contributed by atoms with van der Waals surface area (Å²) >= 11 is 0.148. The van der Waals surface area contributed by atoms with Crippen LogP contribution >= 0.6 is 0 Å². The first-order chi connectivity index (χ1) is 11.1. The number of hydrogen-bond acceptors (Lipinski definition) is 11. The van der Waals surface area contributed by atoms with E-state index in [1.54, 1.807) is 0 Å². The molecule has 1 atom stereocenters. The molecular formula is C9H16N2Na2O12Si. The molecule has 7 N–H and O–H groups in total. The smallest absolute Gasteiger partial charge is 0.368 e. The Labute approximate surface area is 187 Å². The number of carboxylic acids is 4. The molecule has 0 fully saturated rings. The Morgan fingerprint density at radius 1 is 0.808 bits per heavy atom. The number of rotatable bonds is 10. The summed E-state index contributed by atoms with van der Waals surface area (Å²) < 4.78 is -0.879. The number of nitrogens with zero attached hydrogens (tertiary/aromatic N) is 2. The second-order valence-corrected chi connectivity index (χ2v) is 6.83. The van der Waals surface area contributed by atoms with Crippen molar-refractivity contribution in [1.29, 1.82) is 0 Å². The maximum Gasteiger partial charge on any atom is 1.00 e. The third kappa shape index (κ3) is 21.9. The molecule has 0 aromatic rings. The second kappa shape index (κ2) is 14.9. The Balaban J connectivity index is -0.000000772. The molecule has 0 bridgehead atoms. The van der Waals surface area contributed by atoms with Crippen molar-refractivity contribution in [3.8, 4) is 0 Å². The number of carboxylic acid groups (broad SMARTS) is 4. The van der Waals surface area contributed by atoms with Gasteiger partial charge < -0.3 is 19.2 Å². The van der Waals surface area contributed by atoms with Gasteiger partial charge in [0.05, 0.1) is 0 Å². The van der Waals surface area contributed by atoms with Crippen molar-refractivity contribution in [2.45, 2.75) is 3.42 Å². The molecule has 17 heteroatoms. The van der Waals surface area contributed by atoms with E-state index in [-0.39, 0.29) is 57.5 Å². The van der Waals surface area contributed by atoms with Crippen molar-refractivity contribution in [2.24, 2.45) is 0 Å². The Bertz CT molecular complexity index is 414. The topological polar surface area (TPSA) is 239 Å². The molecule has 0 rings (SSSR count). The van der Waals surface area contributed by atoms with Crippen LogP contribution in [-0.2, 0) is 19.2 Å². The van der Waals surface area contributed by atoms with Gasteiger partial charge in [-0.1, -0.05) is 0 Å². The largest absolute Gasteiger partial charge is 1.00 e. The van der Waals surface area contributed by atoms with E-state index in [1.807, 2.05) is 0 Å². The number of carbonyl (C=O) groups is 4. The van der Waals surface area contributed by atoms with Gasteiger partial charge in [0.1, 0.15) is 0 Å². The Hall–Kier alpha value is -0.143. The molecule has 0 spiro atoms. The van der Waals surface area contributed by atoms with Gasteiger partial charge in [0.25, 0.3) is 0 Å². The van der Waals surface area contributed by atoms with E-state index in [1.165, 1.54) is 0 Å². The molecule has 0 saturated carbocycles. The van der Waals surface area contributed by atoms with Crippen LogP contribution in [0, 0.1) is 0 Å². The van der Waals surface area contributed by atoms with E-state index in [9.17, 15) is 24.3 Å². The maximum atomic E-state index is 10.7. The molecule has 0 heterocycles. The van der Waals surface area contributed by atoms with Crippen molar-refractivity contribution in [3.05, 3.63) is 0 Å². The van der Waals surface area contributed by atoms with Crippen LogP contribution in [0.1, 0.15) is 0 Å². The van der Waals surface area contributed by atoms with Crippen molar-refractivity contribution in [1.82, 2.24) is 9.80 Å². The molecule has 0 aliphatic rings. The van der Waals surface area contributed by atoms with Crippen LogP contribution in [-0.4, -0.2) is 135 Å². The van der Waals surface area contributed by atoms with Crippen LogP contribution in [0.25, 0.3) is 0 Å². The molecule has 0 radical (unpaired) electrons. The van der Waals surface area contributed by atoms with E-state index in [4.69, 9.17) is 34.5 Å². The van der Waals surface area contributed by atoms with E-state index in [0.717, 1.165) is 9.80 Å². The molecule has 0 aliphatic carbocycles. The molecule has 14 nitrogen and oxygen atoms in total. The normalized spacial score (nSPS) is 11.8. The average molecular weight is 418 g/mol. The van der Waals surface area contributed by atoms with Crippen LogP contribution in [0.4, 0.5) is 0 Å². The zero-order valence-electron chi connectivity index (χ0n) is 14.0. The van der Waals surface area contributed by atoms with Gasteiger partial charge in [-0.25, -0.2) is 0 Å². The Morgan fingerprint density at radius 3 is 1.23 bits per heavy atom. The van der Waals surface area contributed by atoms with Gasteiger partial charge >= 0.3 is 169 Å². The summed E-state index contributed by atoms with van der Waals surface area (Å²) in [6, 6.07) is 0. The summed E-state index contributed by atoms with van der Waals surface area (Å²) in [5.74, 6) is -5.43. The summed E-state index contributed by atoms with van der Waals surface area (Å²) in [6.07, 6.45) is 0. The van der Waals surface area contributed by atoms with Crippen LogP contribution in [0.5, 0.6) is 0 Å². The SMILES string of the molecule is O=C([O-])CN(CC(=O)O)[CH]([Na])N(CC(=O)O)CC(=O)O.O[Si](O)(O)O.[Na+]. The van der Waals surface area contributed by atoms with Crippen LogP contribution < -0.4 is 34.7 Å². The first kappa shape index (κ1) is 30.6. The minimum Gasteiger partial charge on any atom is -0.368 e. The summed E-state index contributed by atoms with van der Waals surface area (Å²) in [6.45, 7) is -2.65. The van der Waals surface area contributed by atoms with Gasteiger partial charge in [-0.2, -0.15) is 0 Å². The number of hydrogen-bond donors (Lipinski definition) is 7. The van der Waals surface area contributed by atoms with Gasteiger partial charge in [-0.05, 0) is 0 Å². The van der Waals surface area contributed by atoms with E-state index in [2.05, 4.69) is 0 Å². The zero-order chi connectivity index (χ0) is 20.4. The summed E-state index contributed by atoms with van der Waals surface area (Å²) in [5, 5.41) is 36.7. The Kier molecular flexibility index (Phi) is 17.5. The third-order valence-electron chi connectivity index (χ3n) is 2.40. The molecule has 1 unspecified atom stereocenters. The van der Waals surface area contributed by atoms with Crippen molar-refractivity contribution < 1.29 is 88.3 Å².